The lowest BCUT2D eigenvalue weighted by atomic mass is 10.2. The lowest BCUT2D eigenvalue weighted by molar-refractivity contribution is 0.340. The molecule has 0 amide bonds. The largest absolute Gasteiger partial charge is 0.494 e. The predicted octanol–water partition coefficient (Wildman–Crippen LogP) is 2.34. The molecule has 0 bridgehead atoms. The maximum absolute atomic E-state index is 11.4. The van der Waals surface area contributed by atoms with Gasteiger partial charge in [-0.15, -0.1) is 0 Å². The summed E-state index contributed by atoms with van der Waals surface area (Å²) in [5.41, 5.74) is 0.749. The van der Waals surface area contributed by atoms with Crippen molar-refractivity contribution >= 4 is 21.5 Å². The standard InChI is InChI=1S/C14H16N2O4S/c1-2-20-12-9-7-11(8-10-12)16(15)13-5-3-4-6-14(13)21(17,18)19/h3-10H,2,15H2,1H3,(H,17,18,19). The Morgan fingerprint density at radius 1 is 1.14 bits per heavy atom. The molecule has 2 rings (SSSR count). The van der Waals surface area contributed by atoms with Crippen molar-refractivity contribution in [3.8, 4) is 5.75 Å². The first kappa shape index (κ1) is 15.3. The molecule has 0 atom stereocenters. The van der Waals surface area contributed by atoms with Gasteiger partial charge < -0.3 is 4.74 Å². The molecule has 0 aromatic heterocycles. The van der Waals surface area contributed by atoms with E-state index >= 15 is 0 Å². The van der Waals surface area contributed by atoms with Crippen molar-refractivity contribution < 1.29 is 17.7 Å². The topological polar surface area (TPSA) is 92.9 Å². The molecule has 0 aliphatic rings. The summed E-state index contributed by atoms with van der Waals surface area (Å²) in [5.74, 6) is 6.65. The lowest BCUT2D eigenvalue weighted by Gasteiger charge is -2.21. The Labute approximate surface area is 123 Å². The fraction of sp³-hybridized carbons (Fsp3) is 0.143. The highest BCUT2D eigenvalue weighted by Gasteiger charge is 2.18. The van der Waals surface area contributed by atoms with Gasteiger partial charge in [0.05, 0.1) is 18.0 Å². The van der Waals surface area contributed by atoms with Crippen LogP contribution in [-0.4, -0.2) is 19.6 Å². The van der Waals surface area contributed by atoms with Crippen LogP contribution in [0.2, 0.25) is 0 Å². The Hall–Kier alpha value is -2.09. The van der Waals surface area contributed by atoms with Gasteiger partial charge in [0, 0.05) is 0 Å². The van der Waals surface area contributed by atoms with Gasteiger partial charge in [-0.2, -0.15) is 8.42 Å². The van der Waals surface area contributed by atoms with Gasteiger partial charge in [-0.3, -0.25) is 9.56 Å². The molecule has 112 valence electrons. The van der Waals surface area contributed by atoms with Crippen LogP contribution in [0.5, 0.6) is 5.75 Å². The predicted molar refractivity (Wildman–Crippen MR) is 80.2 cm³/mol. The summed E-state index contributed by atoms with van der Waals surface area (Å²) in [6.45, 7) is 2.43. The SMILES string of the molecule is CCOc1ccc(N(N)c2ccccc2S(=O)(=O)O)cc1. The number of nitrogens with two attached hydrogens (primary N) is 1. The molecule has 3 N–H and O–H groups in total. The average molecular weight is 308 g/mol. The summed E-state index contributed by atoms with van der Waals surface area (Å²) in [6.07, 6.45) is 0. The van der Waals surface area contributed by atoms with E-state index in [-0.39, 0.29) is 10.6 Å². The molecule has 2 aromatic rings. The van der Waals surface area contributed by atoms with Crippen LogP contribution in [0.3, 0.4) is 0 Å². The maximum Gasteiger partial charge on any atom is 0.296 e. The smallest absolute Gasteiger partial charge is 0.296 e. The highest BCUT2D eigenvalue weighted by atomic mass is 32.2. The van der Waals surface area contributed by atoms with E-state index in [1.54, 1.807) is 30.3 Å². The lowest BCUT2D eigenvalue weighted by Crippen LogP contribution is -2.26. The first-order valence-electron chi connectivity index (χ1n) is 6.27. The van der Waals surface area contributed by atoms with Gasteiger partial charge in [0.15, 0.2) is 0 Å². The molecule has 21 heavy (non-hydrogen) atoms. The van der Waals surface area contributed by atoms with Crippen LogP contribution in [0, 0.1) is 0 Å². The van der Waals surface area contributed by atoms with Crippen LogP contribution in [0.1, 0.15) is 6.92 Å². The van der Waals surface area contributed by atoms with Gasteiger partial charge in [0.2, 0.25) is 0 Å². The minimum Gasteiger partial charge on any atom is -0.494 e. The summed E-state index contributed by atoms with van der Waals surface area (Å²) in [4.78, 5) is -0.249. The van der Waals surface area contributed by atoms with E-state index in [9.17, 15) is 13.0 Å². The number of para-hydroxylation sites is 1. The molecule has 6 nitrogen and oxygen atoms in total. The number of hydrogen-bond donors (Lipinski definition) is 2. The molecule has 0 saturated carbocycles. The van der Waals surface area contributed by atoms with Crippen molar-refractivity contribution in [3.05, 3.63) is 48.5 Å². The fourth-order valence-corrected chi connectivity index (χ4v) is 2.56. The first-order chi connectivity index (χ1) is 9.93. The Bertz CT molecular complexity index is 714. The van der Waals surface area contributed by atoms with E-state index in [4.69, 9.17) is 10.6 Å². The van der Waals surface area contributed by atoms with Crippen LogP contribution in [0.15, 0.2) is 53.4 Å². The third-order valence-corrected chi connectivity index (χ3v) is 3.73. The van der Waals surface area contributed by atoms with Crippen molar-refractivity contribution in [3.63, 3.8) is 0 Å². The minimum atomic E-state index is -4.35. The number of nitrogens with zero attached hydrogens (tertiary/aromatic N) is 1. The second-order valence-electron chi connectivity index (χ2n) is 4.24. The Morgan fingerprint density at radius 3 is 2.33 bits per heavy atom. The van der Waals surface area contributed by atoms with Crippen molar-refractivity contribution in [1.29, 1.82) is 0 Å². The highest BCUT2D eigenvalue weighted by molar-refractivity contribution is 7.86. The highest BCUT2D eigenvalue weighted by Crippen LogP contribution is 2.29. The molecule has 0 aliphatic carbocycles. The molecule has 0 saturated heterocycles. The van der Waals surface area contributed by atoms with Crippen LogP contribution in [0.4, 0.5) is 11.4 Å². The number of hydrazine groups is 1. The van der Waals surface area contributed by atoms with E-state index in [1.807, 2.05) is 6.92 Å². The van der Waals surface area contributed by atoms with E-state index in [2.05, 4.69) is 0 Å². The zero-order chi connectivity index (χ0) is 15.5. The number of anilines is 2. The number of rotatable bonds is 5. The molecule has 0 unspecified atom stereocenters. The number of hydrogen-bond acceptors (Lipinski definition) is 5. The Kier molecular flexibility index (Phi) is 4.46. The summed E-state index contributed by atoms with van der Waals surface area (Å²) in [6, 6.07) is 12.8. The zero-order valence-corrected chi connectivity index (χ0v) is 12.2. The van der Waals surface area contributed by atoms with Gasteiger partial charge in [-0.1, -0.05) is 12.1 Å². The zero-order valence-electron chi connectivity index (χ0n) is 11.4. The first-order valence-corrected chi connectivity index (χ1v) is 7.71. The van der Waals surface area contributed by atoms with Crippen molar-refractivity contribution in [1.82, 2.24) is 0 Å². The van der Waals surface area contributed by atoms with Crippen molar-refractivity contribution in [2.24, 2.45) is 5.84 Å². The average Bonchev–Trinajstić information content (AvgIpc) is 2.47. The molecule has 0 spiro atoms. The van der Waals surface area contributed by atoms with E-state index < -0.39 is 10.1 Å². The molecule has 0 heterocycles. The van der Waals surface area contributed by atoms with E-state index in [0.717, 1.165) is 0 Å². The summed E-state index contributed by atoms with van der Waals surface area (Å²) >= 11 is 0. The summed E-state index contributed by atoms with van der Waals surface area (Å²) in [7, 11) is -4.35. The van der Waals surface area contributed by atoms with Crippen LogP contribution in [-0.2, 0) is 10.1 Å². The van der Waals surface area contributed by atoms with Crippen molar-refractivity contribution in [2.75, 3.05) is 11.6 Å². The quantitative estimate of drug-likeness (QED) is 0.500. The van der Waals surface area contributed by atoms with Gasteiger partial charge in [-0.25, -0.2) is 5.84 Å². The maximum atomic E-state index is 11.4. The van der Waals surface area contributed by atoms with Crippen LogP contribution < -0.4 is 15.6 Å². The van der Waals surface area contributed by atoms with Crippen LogP contribution in [0.25, 0.3) is 0 Å². The molecule has 2 aromatic carbocycles. The van der Waals surface area contributed by atoms with Gasteiger partial charge >= 0.3 is 0 Å². The Morgan fingerprint density at radius 2 is 1.76 bits per heavy atom. The van der Waals surface area contributed by atoms with Gasteiger partial charge in [-0.05, 0) is 43.3 Å². The minimum absolute atomic E-state index is 0.184. The fourth-order valence-electron chi connectivity index (χ4n) is 1.88. The van der Waals surface area contributed by atoms with Crippen LogP contribution >= 0.6 is 0 Å². The second-order valence-corrected chi connectivity index (χ2v) is 5.63. The van der Waals surface area contributed by atoms with Gasteiger partial charge in [0.1, 0.15) is 10.6 Å². The third kappa shape index (κ3) is 3.52. The van der Waals surface area contributed by atoms with E-state index in [1.165, 1.54) is 23.2 Å². The molecule has 0 radical (unpaired) electrons. The molecular formula is C14H16N2O4S. The second kappa shape index (κ2) is 6.13. The number of benzene rings is 2. The molecular weight excluding hydrogens is 292 g/mol. The van der Waals surface area contributed by atoms with Gasteiger partial charge in [0.25, 0.3) is 10.1 Å². The summed E-state index contributed by atoms with van der Waals surface area (Å²) < 4.78 is 37.3. The molecule has 7 heteroatoms. The monoisotopic (exact) mass is 308 g/mol. The molecule has 0 aliphatic heterocycles. The Balaban J connectivity index is 2.38. The third-order valence-electron chi connectivity index (χ3n) is 2.83. The molecule has 0 fully saturated rings. The van der Waals surface area contributed by atoms with E-state index in [0.29, 0.717) is 18.0 Å². The van der Waals surface area contributed by atoms with Crippen molar-refractivity contribution in [2.45, 2.75) is 11.8 Å². The normalized spacial score (nSPS) is 11.2. The number of ether oxygens (including phenoxy) is 1. The summed E-state index contributed by atoms with van der Waals surface area (Å²) in [5, 5.41) is 1.19.